The summed E-state index contributed by atoms with van der Waals surface area (Å²) in [5.41, 5.74) is 0. The van der Waals surface area contributed by atoms with Crippen molar-refractivity contribution in [3.8, 4) is 0 Å². The summed E-state index contributed by atoms with van der Waals surface area (Å²) in [7, 11) is 0. The Bertz CT molecular complexity index is 409. The van der Waals surface area contributed by atoms with E-state index in [-0.39, 0.29) is 12.3 Å². The van der Waals surface area contributed by atoms with E-state index in [9.17, 15) is 9.59 Å². The molecule has 3 heteroatoms. The Labute approximate surface area is 140 Å². The maximum absolute atomic E-state index is 12.0. The molecule has 0 radical (unpaired) electrons. The van der Waals surface area contributed by atoms with Gasteiger partial charge < -0.3 is 5.11 Å². The van der Waals surface area contributed by atoms with Crippen molar-refractivity contribution in [2.24, 2.45) is 11.8 Å². The smallest absolute Gasteiger partial charge is 0.303 e. The highest BCUT2D eigenvalue weighted by Gasteiger charge is 2.31. The summed E-state index contributed by atoms with van der Waals surface area (Å²) >= 11 is 0. The summed E-state index contributed by atoms with van der Waals surface area (Å²) in [6.07, 6.45) is 19.1. The van der Waals surface area contributed by atoms with Gasteiger partial charge in [-0.05, 0) is 44.4 Å². The van der Waals surface area contributed by atoms with Crippen molar-refractivity contribution in [2.75, 3.05) is 0 Å². The van der Waals surface area contributed by atoms with Crippen LogP contribution in [-0.4, -0.2) is 16.9 Å². The van der Waals surface area contributed by atoms with E-state index >= 15 is 0 Å². The number of carboxylic acids is 1. The number of rotatable bonds is 12. The molecule has 0 aromatic carbocycles. The Morgan fingerprint density at radius 1 is 1.13 bits per heavy atom. The van der Waals surface area contributed by atoms with E-state index in [1.807, 2.05) is 6.08 Å². The molecule has 1 fully saturated rings. The number of hydrogen-bond acceptors (Lipinski definition) is 2. The quantitative estimate of drug-likeness (QED) is 0.391. The monoisotopic (exact) mass is 320 g/mol. The summed E-state index contributed by atoms with van der Waals surface area (Å²) in [5.74, 6) is 0.185. The highest BCUT2D eigenvalue weighted by atomic mass is 16.4. The van der Waals surface area contributed by atoms with Gasteiger partial charge in [0, 0.05) is 18.8 Å². The Morgan fingerprint density at radius 2 is 1.91 bits per heavy atom. The number of Topliss-reactive ketones (excluding diaryl/α,β-unsaturated/α-hetero) is 1. The Morgan fingerprint density at radius 3 is 2.65 bits per heavy atom. The van der Waals surface area contributed by atoms with Crippen LogP contribution >= 0.6 is 0 Å². The fourth-order valence-electron chi connectivity index (χ4n) is 3.16. The molecule has 0 heterocycles. The van der Waals surface area contributed by atoms with Crippen LogP contribution in [0.1, 0.15) is 77.6 Å². The second-order valence-electron chi connectivity index (χ2n) is 6.55. The molecule has 0 aliphatic heterocycles. The lowest BCUT2D eigenvalue weighted by Gasteiger charge is -2.12. The minimum Gasteiger partial charge on any atom is -0.481 e. The minimum absolute atomic E-state index is 0.137. The van der Waals surface area contributed by atoms with Gasteiger partial charge in [-0.15, -0.1) is 0 Å². The van der Waals surface area contributed by atoms with Gasteiger partial charge in [-0.1, -0.05) is 50.5 Å². The first-order chi connectivity index (χ1) is 11.1. The second-order valence-corrected chi connectivity index (χ2v) is 6.55. The van der Waals surface area contributed by atoms with Crippen LogP contribution in [0, 0.1) is 11.8 Å². The van der Waals surface area contributed by atoms with Crippen molar-refractivity contribution in [3.63, 3.8) is 0 Å². The van der Waals surface area contributed by atoms with E-state index in [1.54, 1.807) is 0 Å². The summed E-state index contributed by atoms with van der Waals surface area (Å²) in [4.78, 5) is 22.5. The SMILES string of the molecule is CCCCCC/C=C/C1CCC(=O)[C@@H]1C/C=C\CCCC(=O)O. The fraction of sp³-hybridized carbons (Fsp3) is 0.700. The zero-order chi connectivity index (χ0) is 16.9. The highest BCUT2D eigenvalue weighted by molar-refractivity contribution is 5.83. The molecular weight excluding hydrogens is 288 g/mol. The maximum atomic E-state index is 12.0. The minimum atomic E-state index is -0.742. The van der Waals surface area contributed by atoms with Crippen LogP contribution in [0.15, 0.2) is 24.3 Å². The number of ketones is 1. The molecule has 0 spiro atoms. The molecule has 0 amide bonds. The van der Waals surface area contributed by atoms with Crippen LogP contribution in [0.25, 0.3) is 0 Å². The summed E-state index contributed by atoms with van der Waals surface area (Å²) in [6, 6.07) is 0. The van der Waals surface area contributed by atoms with Gasteiger partial charge in [0.15, 0.2) is 0 Å². The van der Waals surface area contributed by atoms with Crippen LogP contribution in [0.2, 0.25) is 0 Å². The molecule has 0 aromatic heterocycles. The van der Waals surface area contributed by atoms with Gasteiger partial charge in [0.2, 0.25) is 0 Å². The molecule has 1 rings (SSSR count). The zero-order valence-electron chi connectivity index (χ0n) is 14.5. The molecular formula is C20H32O3. The van der Waals surface area contributed by atoms with Crippen molar-refractivity contribution in [3.05, 3.63) is 24.3 Å². The third kappa shape index (κ3) is 8.73. The van der Waals surface area contributed by atoms with Crippen LogP contribution < -0.4 is 0 Å². The zero-order valence-corrected chi connectivity index (χ0v) is 14.5. The number of carbonyl (C=O) groups excluding carboxylic acids is 1. The highest BCUT2D eigenvalue weighted by Crippen LogP contribution is 2.32. The Hall–Kier alpha value is -1.38. The third-order valence-corrected chi connectivity index (χ3v) is 4.58. The van der Waals surface area contributed by atoms with E-state index in [0.717, 1.165) is 25.7 Å². The number of carbonyl (C=O) groups is 2. The van der Waals surface area contributed by atoms with Crippen molar-refractivity contribution < 1.29 is 14.7 Å². The van der Waals surface area contributed by atoms with Crippen molar-refractivity contribution in [2.45, 2.75) is 77.6 Å². The average Bonchev–Trinajstić information content (AvgIpc) is 2.86. The lowest BCUT2D eigenvalue weighted by Crippen LogP contribution is -2.12. The van der Waals surface area contributed by atoms with Crippen molar-refractivity contribution >= 4 is 11.8 Å². The lowest BCUT2D eigenvalue weighted by molar-refractivity contribution is -0.137. The fourth-order valence-corrected chi connectivity index (χ4v) is 3.16. The molecule has 2 atom stereocenters. The number of hydrogen-bond donors (Lipinski definition) is 1. The number of carboxylic acid groups (broad SMARTS) is 1. The molecule has 1 aliphatic rings. The second kappa shape index (κ2) is 12.1. The molecule has 0 bridgehead atoms. The van der Waals surface area contributed by atoms with Crippen molar-refractivity contribution in [1.82, 2.24) is 0 Å². The summed E-state index contributed by atoms with van der Waals surface area (Å²) in [5, 5.41) is 8.59. The Balaban J connectivity index is 2.27. The van der Waals surface area contributed by atoms with Gasteiger partial charge in [-0.3, -0.25) is 9.59 Å². The van der Waals surface area contributed by atoms with E-state index in [2.05, 4.69) is 25.2 Å². The molecule has 1 aliphatic carbocycles. The molecule has 23 heavy (non-hydrogen) atoms. The summed E-state index contributed by atoms with van der Waals surface area (Å²) < 4.78 is 0. The molecule has 0 aromatic rings. The standard InChI is InChI=1S/C20H32O3/c1-2-3-4-5-6-9-12-17-15-16-19(21)18(17)13-10-7-8-11-14-20(22)23/h7,9-10,12,17-18H,2-6,8,11,13-16H2,1H3,(H,22,23)/b10-7-,12-9+/t17?,18-/m1/s1. The van der Waals surface area contributed by atoms with Crippen LogP contribution in [-0.2, 0) is 9.59 Å². The van der Waals surface area contributed by atoms with E-state index in [0.29, 0.717) is 24.5 Å². The molecule has 3 nitrogen and oxygen atoms in total. The first-order valence-corrected chi connectivity index (χ1v) is 9.21. The van der Waals surface area contributed by atoms with Crippen LogP contribution in [0.4, 0.5) is 0 Å². The van der Waals surface area contributed by atoms with Gasteiger partial charge in [0.25, 0.3) is 0 Å². The van der Waals surface area contributed by atoms with E-state index in [1.165, 1.54) is 25.7 Å². The number of aliphatic carboxylic acids is 1. The molecule has 0 saturated heterocycles. The molecule has 1 N–H and O–H groups in total. The predicted octanol–water partition coefficient (Wildman–Crippen LogP) is 5.31. The van der Waals surface area contributed by atoms with Gasteiger partial charge in [-0.2, -0.15) is 0 Å². The predicted molar refractivity (Wildman–Crippen MR) is 94.4 cm³/mol. The molecule has 1 saturated carbocycles. The first kappa shape index (κ1) is 19.7. The summed E-state index contributed by atoms with van der Waals surface area (Å²) in [6.45, 7) is 2.22. The van der Waals surface area contributed by atoms with Gasteiger partial charge in [-0.25, -0.2) is 0 Å². The first-order valence-electron chi connectivity index (χ1n) is 9.21. The maximum Gasteiger partial charge on any atom is 0.303 e. The molecule has 130 valence electrons. The third-order valence-electron chi connectivity index (χ3n) is 4.58. The van der Waals surface area contributed by atoms with E-state index < -0.39 is 5.97 Å². The van der Waals surface area contributed by atoms with Gasteiger partial charge >= 0.3 is 5.97 Å². The topological polar surface area (TPSA) is 54.4 Å². The van der Waals surface area contributed by atoms with Crippen LogP contribution in [0.5, 0.6) is 0 Å². The van der Waals surface area contributed by atoms with Gasteiger partial charge in [0.05, 0.1) is 0 Å². The normalized spacial score (nSPS) is 21.7. The van der Waals surface area contributed by atoms with Gasteiger partial charge in [0.1, 0.15) is 5.78 Å². The number of allylic oxidation sites excluding steroid dienone is 4. The van der Waals surface area contributed by atoms with Crippen LogP contribution in [0.3, 0.4) is 0 Å². The number of unbranched alkanes of at least 4 members (excludes halogenated alkanes) is 5. The van der Waals surface area contributed by atoms with Crippen molar-refractivity contribution in [1.29, 1.82) is 0 Å². The van der Waals surface area contributed by atoms with E-state index in [4.69, 9.17) is 5.11 Å². The molecule has 1 unspecified atom stereocenters. The Kier molecular flexibility index (Phi) is 10.3. The lowest BCUT2D eigenvalue weighted by atomic mass is 9.91. The largest absolute Gasteiger partial charge is 0.481 e. The average molecular weight is 320 g/mol.